The van der Waals surface area contributed by atoms with Crippen molar-refractivity contribution in [2.45, 2.75) is 50.3 Å². The van der Waals surface area contributed by atoms with Crippen molar-refractivity contribution in [1.29, 1.82) is 0 Å². The highest BCUT2D eigenvalue weighted by Gasteiger charge is 2.14. The predicted octanol–water partition coefficient (Wildman–Crippen LogP) is 4.07. The predicted molar refractivity (Wildman–Crippen MR) is 114 cm³/mol. The van der Waals surface area contributed by atoms with E-state index in [9.17, 15) is 16.8 Å². The third-order valence-electron chi connectivity index (χ3n) is 4.12. The van der Waals surface area contributed by atoms with Gasteiger partial charge < -0.3 is 0 Å². The van der Waals surface area contributed by atoms with Gasteiger partial charge in [-0.05, 0) is 42.9 Å². The lowest BCUT2D eigenvalue weighted by Gasteiger charge is -2.04. The molecule has 28 heavy (non-hydrogen) atoms. The number of hydrogen-bond donors (Lipinski definition) is 0. The van der Waals surface area contributed by atoms with Crippen LogP contribution in [0.25, 0.3) is 0 Å². The molecule has 0 amide bonds. The molecular weight excluding hydrogens is 396 g/mol. The van der Waals surface area contributed by atoms with Crippen LogP contribution in [0.15, 0.2) is 68.3 Å². The van der Waals surface area contributed by atoms with E-state index in [1.807, 2.05) is 0 Å². The largest absolute Gasteiger partial charge is 0.282 e. The first-order valence-corrected chi connectivity index (χ1v) is 12.5. The second kappa shape index (κ2) is 10.5. The first-order valence-electron chi connectivity index (χ1n) is 9.41. The van der Waals surface area contributed by atoms with Gasteiger partial charge in [-0.1, -0.05) is 57.2 Å². The maximum absolute atomic E-state index is 12.2. The minimum absolute atomic E-state index is 0.0215. The van der Waals surface area contributed by atoms with E-state index < -0.39 is 20.0 Å². The van der Waals surface area contributed by atoms with E-state index in [0.717, 1.165) is 25.7 Å². The van der Waals surface area contributed by atoms with Crippen molar-refractivity contribution in [2.24, 2.45) is 8.80 Å². The van der Waals surface area contributed by atoms with E-state index in [4.69, 9.17) is 0 Å². The smallest absolute Gasteiger partial charge is 0.205 e. The van der Waals surface area contributed by atoms with E-state index in [1.165, 1.54) is 42.9 Å². The van der Waals surface area contributed by atoms with Crippen LogP contribution in [-0.2, 0) is 20.0 Å². The van der Waals surface area contributed by atoms with Gasteiger partial charge in [0.05, 0.1) is 22.1 Å². The van der Waals surface area contributed by atoms with Gasteiger partial charge in [0.2, 0.25) is 0 Å². The molecule has 0 unspecified atom stereocenters. The second-order valence-corrected chi connectivity index (χ2v) is 9.90. The zero-order valence-corrected chi connectivity index (χ0v) is 17.6. The van der Waals surface area contributed by atoms with Crippen molar-refractivity contribution in [1.82, 2.24) is 0 Å². The van der Waals surface area contributed by atoms with Gasteiger partial charge in [-0.25, -0.2) is 8.42 Å². The number of benzene rings is 1. The van der Waals surface area contributed by atoms with Crippen LogP contribution in [-0.4, -0.2) is 34.0 Å². The first kappa shape index (κ1) is 22.2. The Bertz CT molecular complexity index is 956. The van der Waals surface area contributed by atoms with Crippen LogP contribution in [0.3, 0.4) is 0 Å². The molecule has 1 aromatic carbocycles. The van der Waals surface area contributed by atoms with E-state index in [-0.39, 0.29) is 22.1 Å². The zero-order valence-electron chi connectivity index (χ0n) is 16.0. The molecule has 1 aliphatic rings. The highest BCUT2D eigenvalue weighted by Crippen LogP contribution is 2.13. The van der Waals surface area contributed by atoms with Gasteiger partial charge in [0.15, 0.2) is 0 Å². The fraction of sp³-hybridized carbons (Fsp3) is 0.400. The summed E-state index contributed by atoms with van der Waals surface area (Å²) in [5.74, 6) is 0.0215. The van der Waals surface area contributed by atoms with Crippen molar-refractivity contribution >= 4 is 31.5 Å². The Morgan fingerprint density at radius 3 is 1.86 bits per heavy atom. The average molecular weight is 423 g/mol. The maximum atomic E-state index is 12.2. The van der Waals surface area contributed by atoms with Crippen LogP contribution >= 0.6 is 0 Å². The monoisotopic (exact) mass is 422 g/mol. The Morgan fingerprint density at radius 1 is 0.714 bits per heavy atom. The minimum Gasteiger partial charge on any atom is -0.205 e. The molecule has 0 aliphatic heterocycles. The molecule has 1 aliphatic carbocycles. The van der Waals surface area contributed by atoms with Crippen molar-refractivity contribution in [2.75, 3.05) is 5.75 Å². The third kappa shape index (κ3) is 7.52. The average Bonchev–Trinajstić information content (AvgIpc) is 2.66. The Balaban J connectivity index is 1.96. The van der Waals surface area contributed by atoms with Gasteiger partial charge in [-0.2, -0.15) is 17.2 Å². The fourth-order valence-electron chi connectivity index (χ4n) is 2.63. The highest BCUT2D eigenvalue weighted by atomic mass is 32.2. The lowest BCUT2D eigenvalue weighted by atomic mass is 10.1. The number of allylic oxidation sites excluding steroid dienone is 4. The Kier molecular flexibility index (Phi) is 8.32. The molecule has 0 spiro atoms. The molecule has 0 bridgehead atoms. The molecular formula is C20H26N2O4S2. The summed E-state index contributed by atoms with van der Waals surface area (Å²) in [4.78, 5) is 0.102. The molecule has 1 aromatic rings. The topological polar surface area (TPSA) is 93.0 Å². The SMILES string of the molecule is CCCCCCCCS(=O)(=O)N=C1C=CC(=NS(=O)(=O)c2ccccc2)C=C1. The molecule has 0 radical (unpaired) electrons. The molecule has 0 heterocycles. The standard InChI is InChI=1S/C20H26N2O4S2/c1-2-3-4-5-6-10-17-27(23,24)21-18-13-15-19(16-14-18)22-28(25,26)20-11-8-7-9-12-20/h7-9,11-16H,2-6,10,17H2,1H3. The van der Waals surface area contributed by atoms with Crippen LogP contribution in [0.1, 0.15) is 45.4 Å². The number of unbranched alkanes of at least 4 members (excludes halogenated alkanes) is 5. The molecule has 0 fully saturated rings. The summed E-state index contributed by atoms with van der Waals surface area (Å²) < 4.78 is 56.3. The molecule has 0 aromatic heterocycles. The van der Waals surface area contributed by atoms with E-state index in [2.05, 4.69) is 15.7 Å². The van der Waals surface area contributed by atoms with Crippen LogP contribution in [0.5, 0.6) is 0 Å². The molecule has 8 heteroatoms. The lowest BCUT2D eigenvalue weighted by Crippen LogP contribution is -2.09. The van der Waals surface area contributed by atoms with Crippen LogP contribution < -0.4 is 0 Å². The molecule has 0 atom stereocenters. The molecule has 0 saturated carbocycles. The van der Waals surface area contributed by atoms with Crippen molar-refractivity contribution in [3.05, 3.63) is 54.6 Å². The van der Waals surface area contributed by atoms with Crippen LogP contribution in [0, 0.1) is 0 Å². The van der Waals surface area contributed by atoms with Gasteiger partial charge in [0.25, 0.3) is 20.0 Å². The van der Waals surface area contributed by atoms with Gasteiger partial charge in [-0.3, -0.25) is 0 Å². The maximum Gasteiger partial charge on any atom is 0.282 e. The van der Waals surface area contributed by atoms with Gasteiger partial charge in [0.1, 0.15) is 0 Å². The molecule has 152 valence electrons. The number of hydrogen-bond acceptors (Lipinski definition) is 4. The minimum atomic E-state index is -3.81. The molecule has 2 rings (SSSR count). The summed E-state index contributed by atoms with van der Waals surface area (Å²) in [5.41, 5.74) is 0.484. The number of rotatable bonds is 10. The van der Waals surface area contributed by atoms with E-state index in [0.29, 0.717) is 6.42 Å². The molecule has 0 saturated heterocycles. The Labute approximate surface area is 167 Å². The second-order valence-electron chi connectivity index (χ2n) is 6.54. The highest BCUT2D eigenvalue weighted by molar-refractivity contribution is 7.90. The molecule has 0 N–H and O–H groups in total. The normalized spacial score (nSPS) is 14.3. The third-order valence-corrected chi connectivity index (χ3v) is 6.73. The van der Waals surface area contributed by atoms with Crippen LogP contribution in [0.2, 0.25) is 0 Å². The van der Waals surface area contributed by atoms with Crippen molar-refractivity contribution < 1.29 is 16.8 Å². The summed E-state index contributed by atoms with van der Waals surface area (Å²) in [5, 5.41) is 0. The summed E-state index contributed by atoms with van der Waals surface area (Å²) in [7, 11) is -7.35. The number of sulfonamides is 2. The van der Waals surface area contributed by atoms with Gasteiger partial charge >= 0.3 is 0 Å². The fourth-order valence-corrected chi connectivity index (χ4v) is 4.74. The summed E-state index contributed by atoms with van der Waals surface area (Å²) in [6, 6.07) is 7.91. The van der Waals surface area contributed by atoms with Crippen molar-refractivity contribution in [3.63, 3.8) is 0 Å². The Hall–Kier alpha value is -2.06. The van der Waals surface area contributed by atoms with Crippen molar-refractivity contribution in [3.8, 4) is 0 Å². The summed E-state index contributed by atoms with van der Waals surface area (Å²) >= 11 is 0. The summed E-state index contributed by atoms with van der Waals surface area (Å²) in [6.45, 7) is 2.14. The lowest BCUT2D eigenvalue weighted by molar-refractivity contribution is 0.585. The van der Waals surface area contributed by atoms with E-state index >= 15 is 0 Å². The first-order chi connectivity index (χ1) is 13.3. The van der Waals surface area contributed by atoms with Gasteiger partial charge in [0, 0.05) is 0 Å². The van der Waals surface area contributed by atoms with Crippen LogP contribution in [0.4, 0.5) is 0 Å². The van der Waals surface area contributed by atoms with E-state index in [1.54, 1.807) is 18.2 Å². The summed E-state index contributed by atoms with van der Waals surface area (Å²) in [6.07, 6.45) is 11.8. The zero-order chi connectivity index (χ0) is 20.5. The Morgan fingerprint density at radius 2 is 1.25 bits per heavy atom. The quantitative estimate of drug-likeness (QED) is 0.419. The van der Waals surface area contributed by atoms with Gasteiger partial charge in [-0.15, -0.1) is 0 Å². The number of nitrogens with zero attached hydrogens (tertiary/aromatic N) is 2. The molecule has 6 nitrogen and oxygen atoms in total.